The molecule has 8 heteroatoms. The number of nitro benzene ring substituents is 1. The molecule has 3 N–H and O–H groups in total. The molecule has 0 aliphatic heterocycles. The molecule has 0 radical (unpaired) electrons. The molecular formula is C12H13ClN2O4S. The first-order valence-electron chi connectivity index (χ1n) is 5.39. The second-order valence-electron chi connectivity index (χ2n) is 3.84. The van der Waals surface area contributed by atoms with E-state index < -0.39 is 22.4 Å². The van der Waals surface area contributed by atoms with Gasteiger partial charge in [0, 0.05) is 10.9 Å². The summed E-state index contributed by atoms with van der Waals surface area (Å²) in [4.78, 5) is 11.1. The fraction of sp³-hybridized carbons (Fsp3) is 0.167. The second kappa shape index (κ2) is 6.56. The SMILES string of the molecule is COc1cc([C@H](N)c2cccs2)cc([N+](=O)[O-])c1O.Cl. The topological polar surface area (TPSA) is 98.6 Å². The number of ether oxygens (including phenoxy) is 1. The number of nitrogens with two attached hydrogens (primary N) is 1. The van der Waals surface area contributed by atoms with Crippen LogP contribution in [0.3, 0.4) is 0 Å². The van der Waals surface area contributed by atoms with Crippen LogP contribution < -0.4 is 10.5 Å². The molecule has 1 heterocycles. The smallest absolute Gasteiger partial charge is 0.315 e. The number of nitro groups is 1. The molecule has 0 aliphatic rings. The van der Waals surface area contributed by atoms with Crippen molar-refractivity contribution in [2.75, 3.05) is 7.11 Å². The molecule has 6 nitrogen and oxygen atoms in total. The molecule has 20 heavy (non-hydrogen) atoms. The van der Waals surface area contributed by atoms with Crippen molar-refractivity contribution in [1.29, 1.82) is 0 Å². The third-order valence-electron chi connectivity index (χ3n) is 2.70. The van der Waals surface area contributed by atoms with E-state index in [-0.39, 0.29) is 18.2 Å². The number of hydrogen-bond acceptors (Lipinski definition) is 6. The van der Waals surface area contributed by atoms with E-state index in [1.165, 1.54) is 30.6 Å². The normalized spacial score (nSPS) is 11.5. The molecule has 2 rings (SSSR count). The highest BCUT2D eigenvalue weighted by Gasteiger charge is 2.22. The Morgan fingerprint density at radius 2 is 2.20 bits per heavy atom. The number of rotatable bonds is 4. The number of nitrogens with zero attached hydrogens (tertiary/aromatic N) is 1. The first-order valence-corrected chi connectivity index (χ1v) is 6.26. The number of benzene rings is 1. The predicted octanol–water partition coefficient (Wildman–Crippen LogP) is 2.84. The molecule has 108 valence electrons. The van der Waals surface area contributed by atoms with Crippen LogP contribution in [-0.4, -0.2) is 17.1 Å². The summed E-state index contributed by atoms with van der Waals surface area (Å²) in [5, 5.41) is 22.5. The number of aromatic hydroxyl groups is 1. The van der Waals surface area contributed by atoms with Crippen LogP contribution in [0.15, 0.2) is 29.6 Å². The van der Waals surface area contributed by atoms with Crippen LogP contribution in [0, 0.1) is 10.1 Å². The van der Waals surface area contributed by atoms with E-state index in [0.29, 0.717) is 5.56 Å². The number of halogens is 1. The lowest BCUT2D eigenvalue weighted by Gasteiger charge is -2.12. The Bertz CT molecular complexity index is 604. The molecule has 0 amide bonds. The standard InChI is InChI=1S/C12H12N2O4S.ClH/c1-18-9-6-7(5-8(12(9)15)14(16)17)11(13)10-3-2-4-19-10;/h2-6,11,15H,13H2,1H3;1H/t11-;/m0./s1. The highest BCUT2D eigenvalue weighted by atomic mass is 35.5. The molecule has 1 atom stereocenters. The van der Waals surface area contributed by atoms with Gasteiger partial charge < -0.3 is 15.6 Å². The van der Waals surface area contributed by atoms with Gasteiger partial charge in [-0.25, -0.2) is 0 Å². The summed E-state index contributed by atoms with van der Waals surface area (Å²) >= 11 is 1.46. The Morgan fingerprint density at radius 1 is 1.50 bits per heavy atom. The molecule has 0 aliphatic carbocycles. The summed E-state index contributed by atoms with van der Waals surface area (Å²) in [5.41, 5.74) is 6.16. The lowest BCUT2D eigenvalue weighted by Crippen LogP contribution is -2.10. The number of phenolic OH excluding ortho intramolecular Hbond substituents is 1. The van der Waals surface area contributed by atoms with Crippen LogP contribution in [0.25, 0.3) is 0 Å². The molecule has 0 bridgehead atoms. The van der Waals surface area contributed by atoms with E-state index in [0.717, 1.165) is 4.88 Å². The average molecular weight is 317 g/mol. The Hall–Kier alpha value is -1.83. The third-order valence-corrected chi connectivity index (χ3v) is 3.66. The van der Waals surface area contributed by atoms with Gasteiger partial charge in [-0.1, -0.05) is 6.07 Å². The van der Waals surface area contributed by atoms with Gasteiger partial charge in [0.2, 0.25) is 5.75 Å². The van der Waals surface area contributed by atoms with Gasteiger partial charge in [-0.2, -0.15) is 0 Å². The first kappa shape index (κ1) is 16.2. The first-order chi connectivity index (χ1) is 9.04. The van der Waals surface area contributed by atoms with Crippen LogP contribution in [0.4, 0.5) is 5.69 Å². The van der Waals surface area contributed by atoms with E-state index in [9.17, 15) is 15.2 Å². The maximum Gasteiger partial charge on any atom is 0.315 e. The van der Waals surface area contributed by atoms with E-state index in [2.05, 4.69) is 0 Å². The molecule has 0 spiro atoms. The van der Waals surface area contributed by atoms with Crippen LogP contribution in [0.1, 0.15) is 16.5 Å². The molecule has 1 aromatic heterocycles. The van der Waals surface area contributed by atoms with Crippen molar-refractivity contribution in [2.24, 2.45) is 5.73 Å². The number of thiophene rings is 1. The maximum atomic E-state index is 10.9. The highest BCUT2D eigenvalue weighted by molar-refractivity contribution is 7.10. The van der Waals surface area contributed by atoms with E-state index in [1.807, 2.05) is 17.5 Å². The van der Waals surface area contributed by atoms with Gasteiger partial charge in [-0.15, -0.1) is 23.7 Å². The molecule has 0 fully saturated rings. The lowest BCUT2D eigenvalue weighted by atomic mass is 10.0. The average Bonchev–Trinajstić information content (AvgIpc) is 2.91. The summed E-state index contributed by atoms with van der Waals surface area (Å²) in [6.45, 7) is 0. The second-order valence-corrected chi connectivity index (χ2v) is 4.82. The summed E-state index contributed by atoms with van der Waals surface area (Å²) in [5.74, 6) is -0.453. The number of methoxy groups -OCH3 is 1. The molecule has 0 unspecified atom stereocenters. The zero-order chi connectivity index (χ0) is 14.0. The largest absolute Gasteiger partial charge is 0.500 e. The maximum absolute atomic E-state index is 10.9. The van der Waals surface area contributed by atoms with Crippen molar-refractivity contribution in [3.8, 4) is 11.5 Å². The summed E-state index contributed by atoms with van der Waals surface area (Å²) in [6.07, 6.45) is 0. The zero-order valence-electron chi connectivity index (χ0n) is 10.5. The fourth-order valence-corrected chi connectivity index (χ4v) is 2.47. The minimum atomic E-state index is -0.664. The van der Waals surface area contributed by atoms with Gasteiger partial charge in [-0.05, 0) is 23.1 Å². The fourth-order valence-electron chi connectivity index (χ4n) is 1.72. The van der Waals surface area contributed by atoms with Crippen molar-refractivity contribution in [3.05, 3.63) is 50.2 Å². The number of hydrogen-bond donors (Lipinski definition) is 2. The molecular weight excluding hydrogens is 304 g/mol. The van der Waals surface area contributed by atoms with Crippen molar-refractivity contribution < 1.29 is 14.8 Å². The quantitative estimate of drug-likeness (QED) is 0.667. The monoisotopic (exact) mass is 316 g/mol. The minimum absolute atomic E-state index is 0. The molecule has 0 saturated carbocycles. The van der Waals surface area contributed by atoms with Crippen molar-refractivity contribution >= 4 is 29.4 Å². The van der Waals surface area contributed by atoms with Gasteiger partial charge in [-0.3, -0.25) is 10.1 Å². The molecule has 1 aromatic carbocycles. The van der Waals surface area contributed by atoms with Gasteiger partial charge in [0.1, 0.15) is 0 Å². The van der Waals surface area contributed by atoms with Crippen LogP contribution in [0.5, 0.6) is 11.5 Å². The summed E-state index contributed by atoms with van der Waals surface area (Å²) in [7, 11) is 1.33. The van der Waals surface area contributed by atoms with E-state index >= 15 is 0 Å². The van der Waals surface area contributed by atoms with E-state index in [4.69, 9.17) is 10.5 Å². The van der Waals surface area contributed by atoms with E-state index in [1.54, 1.807) is 0 Å². The van der Waals surface area contributed by atoms with Gasteiger partial charge in [0.25, 0.3) is 0 Å². The summed E-state index contributed by atoms with van der Waals surface area (Å²) in [6, 6.07) is 5.98. The highest BCUT2D eigenvalue weighted by Crippen LogP contribution is 2.39. The minimum Gasteiger partial charge on any atom is -0.500 e. The molecule has 0 saturated heterocycles. The lowest BCUT2D eigenvalue weighted by molar-refractivity contribution is -0.386. The van der Waals surface area contributed by atoms with Crippen molar-refractivity contribution in [3.63, 3.8) is 0 Å². The number of phenols is 1. The Morgan fingerprint density at radius 3 is 2.70 bits per heavy atom. The van der Waals surface area contributed by atoms with Gasteiger partial charge in [0.15, 0.2) is 5.75 Å². The Labute approximate surface area is 125 Å². The van der Waals surface area contributed by atoms with Crippen LogP contribution in [-0.2, 0) is 0 Å². The Kier molecular flexibility index (Phi) is 5.32. The van der Waals surface area contributed by atoms with Gasteiger partial charge in [0.05, 0.1) is 18.1 Å². The summed E-state index contributed by atoms with van der Waals surface area (Å²) < 4.78 is 4.94. The van der Waals surface area contributed by atoms with Crippen molar-refractivity contribution in [2.45, 2.75) is 6.04 Å². The predicted molar refractivity (Wildman–Crippen MR) is 78.9 cm³/mol. The van der Waals surface area contributed by atoms with Crippen LogP contribution >= 0.6 is 23.7 Å². The van der Waals surface area contributed by atoms with Crippen molar-refractivity contribution in [1.82, 2.24) is 0 Å². The zero-order valence-corrected chi connectivity index (χ0v) is 12.1. The van der Waals surface area contributed by atoms with Gasteiger partial charge >= 0.3 is 5.69 Å². The van der Waals surface area contributed by atoms with Crippen LogP contribution in [0.2, 0.25) is 0 Å². The Balaban J connectivity index is 0.00000200. The third kappa shape index (κ3) is 3.01. The molecule has 2 aromatic rings.